The molecule has 1 aromatic carbocycles. The van der Waals surface area contributed by atoms with Crippen molar-refractivity contribution in [3.8, 4) is 11.6 Å². The Morgan fingerprint density at radius 3 is 2.72 bits per heavy atom. The number of halogens is 1. The third kappa shape index (κ3) is 3.68. The second kappa shape index (κ2) is 7.65. The molecular formula is C21H22ClN5O2. The number of hydrogen-bond donors (Lipinski definition) is 1. The maximum atomic E-state index is 10.4. The summed E-state index contributed by atoms with van der Waals surface area (Å²) in [5, 5.41) is 19.9. The third-order valence-electron chi connectivity index (χ3n) is 5.52. The van der Waals surface area contributed by atoms with Gasteiger partial charge in [0.25, 0.3) is 0 Å². The summed E-state index contributed by atoms with van der Waals surface area (Å²) < 4.78 is 8.08. The van der Waals surface area contributed by atoms with Crippen LogP contribution in [0.3, 0.4) is 0 Å². The van der Waals surface area contributed by atoms with Gasteiger partial charge in [-0.1, -0.05) is 17.7 Å². The standard InChI is InChI=1S/C21H22ClN5O2/c22-15-4-5-18-14(11-15)12-16(28)13-19-24-25-21(27(18)19)26-9-6-17(7-10-26)29-20-3-1-2-8-23-20/h1-5,8,11,16-17,28H,6-7,9-10,12-13H2. The van der Waals surface area contributed by atoms with Crippen LogP contribution in [0.15, 0.2) is 42.6 Å². The zero-order valence-electron chi connectivity index (χ0n) is 15.9. The number of nitrogens with zero attached hydrogens (tertiary/aromatic N) is 5. The number of aliphatic hydroxyl groups excluding tert-OH is 1. The molecule has 2 aliphatic rings. The molecule has 2 aromatic heterocycles. The Labute approximate surface area is 173 Å². The van der Waals surface area contributed by atoms with Gasteiger partial charge in [-0.3, -0.25) is 4.57 Å². The number of aliphatic hydroxyl groups is 1. The number of ether oxygens (including phenoxy) is 1. The van der Waals surface area contributed by atoms with E-state index in [2.05, 4.69) is 24.6 Å². The fraction of sp³-hybridized carbons (Fsp3) is 0.381. The van der Waals surface area contributed by atoms with Crippen molar-refractivity contribution in [2.75, 3.05) is 18.0 Å². The number of rotatable bonds is 3. The second-order valence-corrected chi connectivity index (χ2v) is 8.00. The van der Waals surface area contributed by atoms with E-state index in [-0.39, 0.29) is 6.10 Å². The number of pyridine rings is 1. The first-order valence-corrected chi connectivity index (χ1v) is 10.3. The normalized spacial score (nSPS) is 19.4. The molecule has 8 heteroatoms. The molecule has 2 aliphatic heterocycles. The Hall–Kier alpha value is -2.64. The Morgan fingerprint density at radius 1 is 1.07 bits per heavy atom. The molecule has 1 unspecified atom stereocenters. The average Bonchev–Trinajstić information content (AvgIpc) is 3.06. The first kappa shape index (κ1) is 18.4. The van der Waals surface area contributed by atoms with Gasteiger partial charge in [0.2, 0.25) is 11.8 Å². The molecule has 0 amide bonds. The van der Waals surface area contributed by atoms with E-state index >= 15 is 0 Å². The largest absolute Gasteiger partial charge is 0.474 e. The number of fused-ring (bicyclic) bond motifs is 3. The highest BCUT2D eigenvalue weighted by atomic mass is 35.5. The summed E-state index contributed by atoms with van der Waals surface area (Å²) in [7, 11) is 0. The van der Waals surface area contributed by atoms with Crippen LogP contribution in [-0.2, 0) is 12.8 Å². The van der Waals surface area contributed by atoms with E-state index in [4.69, 9.17) is 16.3 Å². The van der Waals surface area contributed by atoms with E-state index in [0.717, 1.165) is 49.0 Å². The molecular weight excluding hydrogens is 390 g/mol. The van der Waals surface area contributed by atoms with Crippen LogP contribution in [0.2, 0.25) is 5.02 Å². The van der Waals surface area contributed by atoms with Gasteiger partial charge in [-0.15, -0.1) is 10.2 Å². The van der Waals surface area contributed by atoms with Crippen molar-refractivity contribution in [2.45, 2.75) is 37.9 Å². The summed E-state index contributed by atoms with van der Waals surface area (Å²) in [4.78, 5) is 6.49. The molecule has 5 rings (SSSR count). The lowest BCUT2D eigenvalue weighted by Gasteiger charge is -2.32. The van der Waals surface area contributed by atoms with Crippen LogP contribution in [0, 0.1) is 0 Å². The van der Waals surface area contributed by atoms with Gasteiger partial charge in [-0.25, -0.2) is 4.98 Å². The van der Waals surface area contributed by atoms with Crippen LogP contribution in [-0.4, -0.2) is 50.2 Å². The minimum Gasteiger partial charge on any atom is -0.474 e. The van der Waals surface area contributed by atoms with E-state index < -0.39 is 6.10 Å². The van der Waals surface area contributed by atoms with Crippen molar-refractivity contribution in [3.63, 3.8) is 0 Å². The summed E-state index contributed by atoms with van der Waals surface area (Å²) in [6.45, 7) is 1.64. The van der Waals surface area contributed by atoms with Crippen LogP contribution in [0.1, 0.15) is 24.2 Å². The van der Waals surface area contributed by atoms with E-state index in [0.29, 0.717) is 23.7 Å². The highest BCUT2D eigenvalue weighted by Crippen LogP contribution is 2.31. The molecule has 1 saturated heterocycles. The molecule has 0 saturated carbocycles. The van der Waals surface area contributed by atoms with E-state index in [1.807, 2.05) is 36.4 Å². The van der Waals surface area contributed by atoms with Gasteiger partial charge in [0.15, 0.2) is 0 Å². The lowest BCUT2D eigenvalue weighted by atomic mass is 10.1. The van der Waals surface area contributed by atoms with Crippen LogP contribution in [0.4, 0.5) is 5.95 Å². The first-order valence-electron chi connectivity index (χ1n) is 9.91. The second-order valence-electron chi connectivity index (χ2n) is 7.56. The third-order valence-corrected chi connectivity index (χ3v) is 5.75. The van der Waals surface area contributed by atoms with Crippen LogP contribution in [0.25, 0.3) is 5.69 Å². The number of piperidine rings is 1. The molecule has 3 aromatic rings. The predicted molar refractivity (Wildman–Crippen MR) is 110 cm³/mol. The number of anilines is 1. The van der Waals surface area contributed by atoms with Crippen LogP contribution < -0.4 is 9.64 Å². The zero-order chi connectivity index (χ0) is 19.8. The summed E-state index contributed by atoms with van der Waals surface area (Å²) in [5.41, 5.74) is 2.01. The molecule has 150 valence electrons. The molecule has 0 bridgehead atoms. The maximum Gasteiger partial charge on any atom is 0.231 e. The van der Waals surface area contributed by atoms with Crippen molar-refractivity contribution in [1.82, 2.24) is 19.7 Å². The fourth-order valence-electron chi connectivity index (χ4n) is 4.12. The maximum absolute atomic E-state index is 10.4. The van der Waals surface area contributed by atoms with E-state index in [1.54, 1.807) is 6.20 Å². The average molecular weight is 412 g/mol. The van der Waals surface area contributed by atoms with Gasteiger partial charge in [0, 0.05) is 56.1 Å². The smallest absolute Gasteiger partial charge is 0.231 e. The van der Waals surface area contributed by atoms with Crippen molar-refractivity contribution < 1.29 is 9.84 Å². The zero-order valence-corrected chi connectivity index (χ0v) is 16.7. The Morgan fingerprint density at radius 2 is 1.93 bits per heavy atom. The molecule has 0 radical (unpaired) electrons. The minimum absolute atomic E-state index is 0.139. The van der Waals surface area contributed by atoms with Gasteiger partial charge >= 0.3 is 0 Å². The topological polar surface area (TPSA) is 76.3 Å². The Balaban J connectivity index is 1.38. The van der Waals surface area contributed by atoms with Gasteiger partial charge in [0.1, 0.15) is 11.9 Å². The molecule has 29 heavy (non-hydrogen) atoms. The molecule has 0 spiro atoms. The van der Waals surface area contributed by atoms with Crippen LogP contribution >= 0.6 is 11.6 Å². The van der Waals surface area contributed by atoms with Gasteiger partial charge < -0.3 is 14.7 Å². The Bertz CT molecular complexity index is 1000. The van der Waals surface area contributed by atoms with Crippen molar-refractivity contribution in [1.29, 1.82) is 0 Å². The van der Waals surface area contributed by atoms with Crippen LogP contribution in [0.5, 0.6) is 5.88 Å². The molecule has 1 N–H and O–H groups in total. The molecule has 1 fully saturated rings. The highest BCUT2D eigenvalue weighted by molar-refractivity contribution is 6.30. The fourth-order valence-corrected chi connectivity index (χ4v) is 4.32. The van der Waals surface area contributed by atoms with Crippen molar-refractivity contribution in [3.05, 3.63) is 59.0 Å². The predicted octanol–water partition coefficient (Wildman–Crippen LogP) is 2.82. The number of aromatic nitrogens is 4. The SMILES string of the molecule is OC1Cc2cc(Cl)ccc2-n2c(nnc2N2CCC(Oc3ccccn3)CC2)C1. The molecule has 1 atom stereocenters. The highest BCUT2D eigenvalue weighted by Gasteiger charge is 2.29. The Kier molecular flexibility index (Phi) is 4.85. The minimum atomic E-state index is -0.497. The lowest BCUT2D eigenvalue weighted by Crippen LogP contribution is -2.39. The van der Waals surface area contributed by atoms with Gasteiger partial charge in [-0.05, 0) is 29.8 Å². The number of benzene rings is 1. The van der Waals surface area contributed by atoms with Crippen molar-refractivity contribution >= 4 is 17.5 Å². The molecule has 0 aliphatic carbocycles. The van der Waals surface area contributed by atoms with E-state index in [1.165, 1.54) is 0 Å². The summed E-state index contributed by atoms with van der Waals surface area (Å²) >= 11 is 6.20. The summed E-state index contributed by atoms with van der Waals surface area (Å²) in [6.07, 6.45) is 4.18. The first-order chi connectivity index (χ1) is 14.2. The summed E-state index contributed by atoms with van der Waals surface area (Å²) in [6, 6.07) is 11.5. The molecule has 4 heterocycles. The number of hydrogen-bond acceptors (Lipinski definition) is 6. The monoisotopic (exact) mass is 411 g/mol. The van der Waals surface area contributed by atoms with Gasteiger partial charge in [0.05, 0.1) is 11.8 Å². The van der Waals surface area contributed by atoms with Gasteiger partial charge in [-0.2, -0.15) is 0 Å². The van der Waals surface area contributed by atoms with Crippen molar-refractivity contribution in [2.24, 2.45) is 0 Å². The van der Waals surface area contributed by atoms with E-state index in [9.17, 15) is 5.11 Å². The molecule has 7 nitrogen and oxygen atoms in total. The summed E-state index contributed by atoms with van der Waals surface area (Å²) in [5.74, 6) is 2.26. The lowest BCUT2D eigenvalue weighted by molar-refractivity contribution is 0.163. The quantitative estimate of drug-likeness (QED) is 0.714.